The molecule has 0 fully saturated rings. The second-order valence-electron chi connectivity index (χ2n) is 1.24. The van der Waals surface area contributed by atoms with Crippen LogP contribution in [0.3, 0.4) is 0 Å². The summed E-state index contributed by atoms with van der Waals surface area (Å²) < 4.78 is 27.6. The third-order valence-electron chi connectivity index (χ3n) is 0.563. The summed E-state index contributed by atoms with van der Waals surface area (Å²) in [5.74, 6) is 0. The Hall–Kier alpha value is -0.170. The molecule has 1 atom stereocenters. The lowest BCUT2D eigenvalue weighted by atomic mass is 10.7. The van der Waals surface area contributed by atoms with Gasteiger partial charge in [-0.25, -0.2) is 0 Å². The van der Waals surface area contributed by atoms with E-state index in [9.17, 15) is 8.42 Å². The molecule has 6 heteroatoms. The molecule has 50 valence electrons. The SMILES string of the molecule is NC(CO)S(=O)(=O)O. The Balaban J connectivity index is 4.04. The van der Waals surface area contributed by atoms with E-state index in [0.29, 0.717) is 0 Å². The predicted octanol–water partition coefficient (Wildman–Crippen LogP) is -1.85. The van der Waals surface area contributed by atoms with Crippen LogP contribution >= 0.6 is 0 Å². The van der Waals surface area contributed by atoms with E-state index in [2.05, 4.69) is 5.73 Å². The summed E-state index contributed by atoms with van der Waals surface area (Å²) in [6.07, 6.45) is 0. The molecule has 0 heterocycles. The third kappa shape index (κ3) is 2.22. The Bertz CT molecular complexity index is 149. The van der Waals surface area contributed by atoms with Crippen LogP contribution in [0.1, 0.15) is 0 Å². The van der Waals surface area contributed by atoms with E-state index < -0.39 is 22.1 Å². The van der Waals surface area contributed by atoms with Crippen molar-refractivity contribution in [2.24, 2.45) is 5.73 Å². The van der Waals surface area contributed by atoms with Crippen LogP contribution < -0.4 is 5.73 Å². The van der Waals surface area contributed by atoms with Crippen LogP contribution in [0.4, 0.5) is 0 Å². The van der Waals surface area contributed by atoms with Crippen molar-refractivity contribution in [3.63, 3.8) is 0 Å². The Kier molecular flexibility index (Phi) is 2.35. The van der Waals surface area contributed by atoms with Crippen LogP contribution in [0.15, 0.2) is 0 Å². The highest BCUT2D eigenvalue weighted by molar-refractivity contribution is 7.86. The zero-order valence-electron chi connectivity index (χ0n) is 3.98. The van der Waals surface area contributed by atoms with Gasteiger partial charge in [0.2, 0.25) is 0 Å². The van der Waals surface area contributed by atoms with E-state index in [1.807, 2.05) is 0 Å². The van der Waals surface area contributed by atoms with Gasteiger partial charge in [0.05, 0.1) is 6.61 Å². The fraction of sp³-hybridized carbons (Fsp3) is 1.00. The fourth-order valence-electron chi connectivity index (χ4n) is 0.0942. The molecule has 0 aliphatic heterocycles. The number of aliphatic hydroxyl groups excluding tert-OH is 1. The summed E-state index contributed by atoms with van der Waals surface area (Å²) in [6.45, 7) is -0.765. The lowest BCUT2D eigenvalue weighted by Crippen LogP contribution is -2.33. The minimum Gasteiger partial charge on any atom is -0.394 e. The molecule has 0 bridgehead atoms. The van der Waals surface area contributed by atoms with Gasteiger partial charge in [-0.3, -0.25) is 4.55 Å². The maximum Gasteiger partial charge on any atom is 0.283 e. The zero-order chi connectivity index (χ0) is 6.78. The van der Waals surface area contributed by atoms with E-state index in [-0.39, 0.29) is 0 Å². The Morgan fingerprint density at radius 1 is 1.62 bits per heavy atom. The number of aliphatic hydroxyl groups is 1. The molecule has 0 aromatic rings. The zero-order valence-corrected chi connectivity index (χ0v) is 4.80. The van der Waals surface area contributed by atoms with Crippen molar-refractivity contribution in [3.8, 4) is 0 Å². The molecule has 0 aliphatic carbocycles. The highest BCUT2D eigenvalue weighted by Gasteiger charge is 2.15. The third-order valence-corrected chi connectivity index (χ3v) is 1.48. The van der Waals surface area contributed by atoms with E-state index >= 15 is 0 Å². The Labute approximate surface area is 46.9 Å². The van der Waals surface area contributed by atoms with E-state index in [4.69, 9.17) is 9.66 Å². The van der Waals surface area contributed by atoms with Crippen molar-refractivity contribution in [2.75, 3.05) is 6.61 Å². The fourth-order valence-corrected chi connectivity index (χ4v) is 0.283. The minimum atomic E-state index is -4.23. The van der Waals surface area contributed by atoms with Gasteiger partial charge in [0.15, 0.2) is 5.37 Å². The van der Waals surface area contributed by atoms with Crippen molar-refractivity contribution in [1.82, 2.24) is 0 Å². The van der Waals surface area contributed by atoms with Gasteiger partial charge in [0.1, 0.15) is 0 Å². The van der Waals surface area contributed by atoms with Crippen molar-refractivity contribution in [1.29, 1.82) is 0 Å². The van der Waals surface area contributed by atoms with Gasteiger partial charge in [-0.05, 0) is 0 Å². The van der Waals surface area contributed by atoms with E-state index in [0.717, 1.165) is 0 Å². The molecular weight excluding hydrogens is 134 g/mol. The number of hydrogen-bond acceptors (Lipinski definition) is 4. The molecule has 0 saturated heterocycles. The predicted molar refractivity (Wildman–Crippen MR) is 26.6 cm³/mol. The maximum atomic E-state index is 9.83. The molecule has 0 rings (SSSR count). The Morgan fingerprint density at radius 3 is 2.00 bits per heavy atom. The summed E-state index contributed by atoms with van der Waals surface area (Å²) in [4.78, 5) is 0. The molecule has 5 nitrogen and oxygen atoms in total. The Morgan fingerprint density at radius 2 is 2.00 bits per heavy atom. The van der Waals surface area contributed by atoms with Crippen molar-refractivity contribution in [2.45, 2.75) is 5.37 Å². The topological polar surface area (TPSA) is 101 Å². The quantitative estimate of drug-likeness (QED) is 0.392. The second kappa shape index (κ2) is 2.40. The van der Waals surface area contributed by atoms with Crippen LogP contribution in [-0.4, -0.2) is 30.1 Å². The molecule has 0 aromatic heterocycles. The average Bonchev–Trinajstić information content (AvgIpc) is 1.62. The normalized spacial score (nSPS) is 15.9. The van der Waals surface area contributed by atoms with Gasteiger partial charge in [-0.15, -0.1) is 0 Å². The van der Waals surface area contributed by atoms with Crippen LogP contribution in [0, 0.1) is 0 Å². The van der Waals surface area contributed by atoms with Gasteiger partial charge in [-0.2, -0.15) is 8.42 Å². The first-order valence-corrected chi connectivity index (χ1v) is 3.31. The molecule has 0 spiro atoms. The highest BCUT2D eigenvalue weighted by Crippen LogP contribution is 1.85. The summed E-state index contributed by atoms with van der Waals surface area (Å²) >= 11 is 0. The first kappa shape index (κ1) is 7.83. The van der Waals surface area contributed by atoms with Crippen molar-refractivity contribution in [3.05, 3.63) is 0 Å². The highest BCUT2D eigenvalue weighted by atomic mass is 32.2. The van der Waals surface area contributed by atoms with Crippen LogP contribution in [-0.2, 0) is 10.1 Å². The number of hydrogen-bond donors (Lipinski definition) is 3. The summed E-state index contributed by atoms with van der Waals surface area (Å²) in [5, 5.41) is 6.44. The number of rotatable bonds is 2. The first-order valence-electron chi connectivity index (χ1n) is 1.81. The lowest BCUT2D eigenvalue weighted by molar-refractivity contribution is 0.285. The monoisotopic (exact) mass is 141 g/mol. The summed E-state index contributed by atoms with van der Waals surface area (Å²) in [6, 6.07) is 0. The molecular formula is C2H7NO4S. The molecule has 0 radical (unpaired) electrons. The van der Waals surface area contributed by atoms with Gasteiger partial charge >= 0.3 is 0 Å². The second-order valence-corrected chi connectivity index (χ2v) is 2.87. The van der Waals surface area contributed by atoms with Crippen LogP contribution in [0.5, 0.6) is 0 Å². The van der Waals surface area contributed by atoms with Gasteiger partial charge in [0.25, 0.3) is 10.1 Å². The van der Waals surface area contributed by atoms with Gasteiger partial charge in [-0.1, -0.05) is 0 Å². The molecule has 0 aliphatic rings. The smallest absolute Gasteiger partial charge is 0.283 e. The van der Waals surface area contributed by atoms with Gasteiger partial charge in [0, 0.05) is 0 Å². The van der Waals surface area contributed by atoms with Crippen LogP contribution in [0.2, 0.25) is 0 Å². The lowest BCUT2D eigenvalue weighted by Gasteiger charge is -2.00. The minimum absolute atomic E-state index is 0.765. The van der Waals surface area contributed by atoms with E-state index in [1.54, 1.807) is 0 Å². The molecule has 8 heavy (non-hydrogen) atoms. The standard InChI is InChI=1S/C2H7NO4S/c3-2(1-4)8(5,6)7/h2,4H,1,3H2,(H,5,6,7). The average molecular weight is 141 g/mol. The molecule has 1 unspecified atom stereocenters. The first-order chi connectivity index (χ1) is 3.48. The molecule has 0 saturated carbocycles. The molecule has 0 aromatic carbocycles. The van der Waals surface area contributed by atoms with Gasteiger partial charge < -0.3 is 10.8 Å². The number of nitrogens with two attached hydrogens (primary N) is 1. The summed E-state index contributed by atoms with van der Waals surface area (Å²) in [5.41, 5.74) is 4.66. The van der Waals surface area contributed by atoms with Crippen molar-refractivity contribution >= 4 is 10.1 Å². The maximum absolute atomic E-state index is 9.83. The largest absolute Gasteiger partial charge is 0.394 e. The molecule has 0 amide bonds. The summed E-state index contributed by atoms with van der Waals surface area (Å²) in [7, 11) is -4.23. The van der Waals surface area contributed by atoms with Crippen molar-refractivity contribution < 1.29 is 18.1 Å². The van der Waals surface area contributed by atoms with Crippen LogP contribution in [0.25, 0.3) is 0 Å². The van der Waals surface area contributed by atoms with E-state index in [1.165, 1.54) is 0 Å². The molecule has 4 N–H and O–H groups in total.